The van der Waals surface area contributed by atoms with Crippen LogP contribution in [-0.2, 0) is 9.47 Å². The number of nitrogen functional groups attached to an aromatic ring is 1. The highest BCUT2D eigenvalue weighted by atomic mass is 16.6. The molecular weight excluding hydrogens is 234 g/mol. The summed E-state index contributed by atoms with van der Waals surface area (Å²) in [6.07, 6.45) is 1.84. The molecular formula is C12H15N3O3. The normalized spacial score (nSPS) is 23.3. The van der Waals surface area contributed by atoms with E-state index in [4.69, 9.17) is 25.2 Å². The third-order valence-corrected chi connectivity index (χ3v) is 2.83. The molecule has 0 radical (unpaired) electrons. The Bertz CT molecular complexity index is 458. The van der Waals surface area contributed by atoms with Crippen molar-refractivity contribution in [2.24, 2.45) is 0 Å². The van der Waals surface area contributed by atoms with Crippen molar-refractivity contribution in [3.8, 4) is 11.8 Å². The van der Waals surface area contributed by atoms with Gasteiger partial charge in [0.25, 0.3) is 0 Å². The Morgan fingerprint density at radius 2 is 2.39 bits per heavy atom. The van der Waals surface area contributed by atoms with Gasteiger partial charge in [0.15, 0.2) is 0 Å². The molecule has 6 nitrogen and oxygen atoms in total. The predicted octanol–water partition coefficient (Wildman–Crippen LogP) is 0.718. The summed E-state index contributed by atoms with van der Waals surface area (Å²) in [5.74, 6) is 0.768. The quantitative estimate of drug-likeness (QED) is 0.848. The van der Waals surface area contributed by atoms with Crippen molar-refractivity contribution < 1.29 is 14.2 Å². The van der Waals surface area contributed by atoms with E-state index < -0.39 is 0 Å². The maximum Gasteiger partial charge on any atom is 0.142 e. The van der Waals surface area contributed by atoms with Gasteiger partial charge in [0.05, 0.1) is 19.4 Å². The first kappa shape index (κ1) is 12.6. The van der Waals surface area contributed by atoms with Crippen LogP contribution in [0.5, 0.6) is 5.75 Å². The predicted molar refractivity (Wildman–Crippen MR) is 64.0 cm³/mol. The lowest BCUT2D eigenvalue weighted by Gasteiger charge is -2.30. The Hall–Kier alpha value is -1.84. The molecule has 18 heavy (non-hydrogen) atoms. The maximum absolute atomic E-state index is 9.00. The van der Waals surface area contributed by atoms with Gasteiger partial charge in [-0.15, -0.1) is 0 Å². The number of nitrogens with zero attached hydrogens (tertiary/aromatic N) is 2. The highest BCUT2D eigenvalue weighted by molar-refractivity contribution is 5.47. The first-order valence-electron chi connectivity index (χ1n) is 5.67. The fourth-order valence-electron chi connectivity index (χ4n) is 1.84. The number of nitriles is 1. The highest BCUT2D eigenvalue weighted by Gasteiger charge is 2.28. The monoisotopic (exact) mass is 249 g/mol. The van der Waals surface area contributed by atoms with E-state index in [1.165, 1.54) is 6.20 Å². The van der Waals surface area contributed by atoms with Crippen LogP contribution in [0.25, 0.3) is 0 Å². The lowest BCUT2D eigenvalue weighted by Crippen LogP contribution is -2.42. The number of rotatable bonds is 3. The average molecular weight is 249 g/mol. The molecule has 2 atom stereocenters. The molecule has 2 rings (SSSR count). The molecule has 96 valence electrons. The lowest BCUT2D eigenvalue weighted by atomic mass is 10.1. The van der Waals surface area contributed by atoms with E-state index in [1.54, 1.807) is 13.2 Å². The van der Waals surface area contributed by atoms with Crippen LogP contribution in [0.15, 0.2) is 12.3 Å². The average Bonchev–Trinajstić information content (AvgIpc) is 2.40. The van der Waals surface area contributed by atoms with Gasteiger partial charge in [-0.2, -0.15) is 5.26 Å². The van der Waals surface area contributed by atoms with Gasteiger partial charge in [-0.05, 0) is 0 Å². The molecule has 0 unspecified atom stereocenters. The Labute approximate surface area is 105 Å². The lowest BCUT2D eigenvalue weighted by molar-refractivity contribution is -0.0929. The van der Waals surface area contributed by atoms with Crippen LogP contribution in [0.4, 0.5) is 5.82 Å². The van der Waals surface area contributed by atoms with Crippen LogP contribution in [-0.4, -0.2) is 37.5 Å². The molecule has 1 fully saturated rings. The van der Waals surface area contributed by atoms with E-state index in [1.807, 2.05) is 6.07 Å². The minimum Gasteiger partial charge on any atom is -0.486 e. The first-order chi connectivity index (χ1) is 8.74. The number of ether oxygens (including phenoxy) is 3. The molecule has 0 saturated carbocycles. The van der Waals surface area contributed by atoms with Crippen LogP contribution in [0.3, 0.4) is 0 Å². The van der Waals surface area contributed by atoms with Crippen molar-refractivity contribution in [1.29, 1.82) is 5.26 Å². The van der Waals surface area contributed by atoms with Gasteiger partial charge in [-0.1, -0.05) is 0 Å². The van der Waals surface area contributed by atoms with Crippen molar-refractivity contribution in [3.05, 3.63) is 17.8 Å². The van der Waals surface area contributed by atoms with Crippen LogP contribution >= 0.6 is 0 Å². The molecule has 1 saturated heterocycles. The summed E-state index contributed by atoms with van der Waals surface area (Å²) in [6.45, 7) is 1.11. The van der Waals surface area contributed by atoms with Gasteiger partial charge in [0, 0.05) is 19.6 Å². The molecule has 0 amide bonds. The Balaban J connectivity index is 2.17. The SMILES string of the molecule is CO[C@H]1COCC[C@@H]1Oc1cc(N)ncc1C#N. The Morgan fingerprint density at radius 3 is 3.11 bits per heavy atom. The topological polar surface area (TPSA) is 90.4 Å². The zero-order valence-corrected chi connectivity index (χ0v) is 10.1. The summed E-state index contributed by atoms with van der Waals surface area (Å²) in [6, 6.07) is 3.59. The zero-order valence-electron chi connectivity index (χ0n) is 10.1. The number of methoxy groups -OCH3 is 1. The largest absolute Gasteiger partial charge is 0.486 e. The second-order valence-corrected chi connectivity index (χ2v) is 4.01. The summed E-state index contributed by atoms with van der Waals surface area (Å²) in [4.78, 5) is 3.86. The van der Waals surface area contributed by atoms with Crippen molar-refractivity contribution in [2.45, 2.75) is 18.6 Å². The van der Waals surface area contributed by atoms with E-state index in [-0.39, 0.29) is 12.2 Å². The highest BCUT2D eigenvalue weighted by Crippen LogP contribution is 2.24. The minimum absolute atomic E-state index is 0.139. The van der Waals surface area contributed by atoms with Crippen molar-refractivity contribution >= 4 is 5.82 Å². The van der Waals surface area contributed by atoms with Crippen LogP contribution in [0.1, 0.15) is 12.0 Å². The molecule has 6 heteroatoms. The third-order valence-electron chi connectivity index (χ3n) is 2.83. The van der Waals surface area contributed by atoms with Crippen molar-refractivity contribution in [1.82, 2.24) is 4.98 Å². The minimum atomic E-state index is -0.141. The number of aromatic nitrogens is 1. The molecule has 2 N–H and O–H groups in total. The zero-order chi connectivity index (χ0) is 13.0. The molecule has 0 aliphatic carbocycles. The van der Waals surface area contributed by atoms with E-state index in [0.717, 1.165) is 0 Å². The fourth-order valence-corrected chi connectivity index (χ4v) is 1.84. The molecule has 1 aliphatic heterocycles. The molecule has 1 aromatic rings. The smallest absolute Gasteiger partial charge is 0.142 e. The fraction of sp³-hybridized carbons (Fsp3) is 0.500. The Kier molecular flexibility index (Phi) is 3.97. The molecule has 0 spiro atoms. The second-order valence-electron chi connectivity index (χ2n) is 4.01. The van der Waals surface area contributed by atoms with Crippen molar-refractivity contribution in [2.75, 3.05) is 26.1 Å². The number of anilines is 1. The molecule has 2 heterocycles. The maximum atomic E-state index is 9.00. The summed E-state index contributed by atoms with van der Waals surface area (Å²) in [5.41, 5.74) is 5.96. The summed E-state index contributed by atoms with van der Waals surface area (Å²) >= 11 is 0. The number of hydrogen-bond acceptors (Lipinski definition) is 6. The second kappa shape index (κ2) is 5.67. The number of pyridine rings is 1. The van der Waals surface area contributed by atoms with E-state index in [9.17, 15) is 0 Å². The van der Waals surface area contributed by atoms with Crippen molar-refractivity contribution in [3.63, 3.8) is 0 Å². The molecule has 0 aromatic carbocycles. The van der Waals surface area contributed by atoms with Gasteiger partial charge < -0.3 is 19.9 Å². The van der Waals surface area contributed by atoms with Gasteiger partial charge in [-0.3, -0.25) is 0 Å². The van der Waals surface area contributed by atoms with E-state index >= 15 is 0 Å². The first-order valence-corrected chi connectivity index (χ1v) is 5.67. The van der Waals surface area contributed by atoms with Crippen LogP contribution < -0.4 is 10.5 Å². The standard InChI is InChI=1S/C12H15N3O3/c1-16-11-7-17-3-2-9(11)18-10-4-12(14)15-6-8(10)5-13/h4,6,9,11H,2-3,7H2,1H3,(H2,14,15)/t9-,11-/m0/s1. The third kappa shape index (κ3) is 2.70. The van der Waals surface area contributed by atoms with Crippen LogP contribution in [0.2, 0.25) is 0 Å². The number of nitrogens with two attached hydrogens (primary N) is 1. The number of hydrogen-bond donors (Lipinski definition) is 1. The van der Waals surface area contributed by atoms with Gasteiger partial charge in [0.2, 0.25) is 0 Å². The summed E-state index contributed by atoms with van der Waals surface area (Å²) in [7, 11) is 1.61. The van der Waals surface area contributed by atoms with E-state index in [0.29, 0.717) is 36.8 Å². The van der Waals surface area contributed by atoms with Gasteiger partial charge in [0.1, 0.15) is 35.4 Å². The van der Waals surface area contributed by atoms with Gasteiger partial charge in [-0.25, -0.2) is 4.98 Å². The molecule has 0 bridgehead atoms. The van der Waals surface area contributed by atoms with Gasteiger partial charge >= 0.3 is 0 Å². The molecule has 1 aromatic heterocycles. The summed E-state index contributed by atoms with van der Waals surface area (Å²) < 4.78 is 16.4. The Morgan fingerprint density at radius 1 is 1.56 bits per heavy atom. The summed E-state index contributed by atoms with van der Waals surface area (Å²) in [5, 5.41) is 9.00. The van der Waals surface area contributed by atoms with Crippen LogP contribution in [0, 0.1) is 11.3 Å². The molecule has 1 aliphatic rings. The van der Waals surface area contributed by atoms with E-state index in [2.05, 4.69) is 4.98 Å².